The minimum Gasteiger partial charge on any atom is -0.466 e. The summed E-state index contributed by atoms with van der Waals surface area (Å²) in [5.74, 6) is -2.47. The molecule has 1 N–H and O–H groups in total. The first kappa shape index (κ1) is 27.3. The summed E-state index contributed by atoms with van der Waals surface area (Å²) in [4.78, 5) is 45.0. The van der Waals surface area contributed by atoms with E-state index in [1.54, 1.807) is 22.8 Å². The highest BCUT2D eigenvalue weighted by Gasteiger charge is 2.79. The SMILES string of the molecule is C=CCN(Cc1ccccc1)C(=O)C1N([C@@H](CO)CC(C)C)C(=O)[C@@H]2[C@@H](C(=O)OCC)[C@@]3(C)CCC12O3. The average Bonchev–Trinajstić information content (AvgIpc) is 3.43. The van der Waals surface area contributed by atoms with E-state index in [9.17, 15) is 19.5 Å². The smallest absolute Gasteiger partial charge is 0.312 e. The van der Waals surface area contributed by atoms with Crippen LogP contribution in [0.2, 0.25) is 0 Å². The molecule has 3 aliphatic heterocycles. The highest BCUT2D eigenvalue weighted by atomic mass is 16.6. The maximum absolute atomic E-state index is 14.4. The summed E-state index contributed by atoms with van der Waals surface area (Å²) in [6.45, 7) is 12.0. The molecule has 0 aromatic heterocycles. The molecule has 37 heavy (non-hydrogen) atoms. The van der Waals surface area contributed by atoms with Crippen LogP contribution in [0.3, 0.4) is 0 Å². The Hall–Kier alpha value is -2.71. The lowest BCUT2D eigenvalue weighted by atomic mass is 9.66. The first-order chi connectivity index (χ1) is 17.6. The van der Waals surface area contributed by atoms with Gasteiger partial charge in [-0.05, 0) is 44.6 Å². The summed E-state index contributed by atoms with van der Waals surface area (Å²) in [5.41, 5.74) is -1.08. The van der Waals surface area contributed by atoms with Crippen molar-refractivity contribution in [3.63, 3.8) is 0 Å². The van der Waals surface area contributed by atoms with Gasteiger partial charge in [0.1, 0.15) is 17.6 Å². The molecule has 6 atom stereocenters. The van der Waals surface area contributed by atoms with Gasteiger partial charge in [0, 0.05) is 13.1 Å². The third-order valence-electron chi connectivity index (χ3n) is 8.21. The number of hydrogen-bond donors (Lipinski definition) is 1. The van der Waals surface area contributed by atoms with Crippen LogP contribution in [0.1, 0.15) is 52.5 Å². The Morgan fingerprint density at radius 2 is 2.00 bits per heavy atom. The predicted octanol–water partition coefficient (Wildman–Crippen LogP) is 2.94. The largest absolute Gasteiger partial charge is 0.466 e. The van der Waals surface area contributed by atoms with Crippen LogP contribution >= 0.6 is 0 Å². The lowest BCUT2D eigenvalue weighted by Crippen LogP contribution is -2.58. The number of carbonyl (C=O) groups excluding carboxylic acids is 3. The molecule has 3 saturated heterocycles. The van der Waals surface area contributed by atoms with Gasteiger partial charge in [-0.15, -0.1) is 6.58 Å². The van der Waals surface area contributed by atoms with Crippen molar-refractivity contribution in [2.75, 3.05) is 19.8 Å². The van der Waals surface area contributed by atoms with Crippen LogP contribution in [-0.2, 0) is 30.4 Å². The fraction of sp³-hybridized carbons (Fsp3) is 0.621. The minimum atomic E-state index is -1.15. The molecule has 0 radical (unpaired) electrons. The lowest BCUT2D eigenvalue weighted by molar-refractivity contribution is -0.162. The topological polar surface area (TPSA) is 96.4 Å². The van der Waals surface area contributed by atoms with Crippen molar-refractivity contribution in [1.82, 2.24) is 9.80 Å². The van der Waals surface area contributed by atoms with Crippen LogP contribution < -0.4 is 0 Å². The lowest BCUT2D eigenvalue weighted by Gasteiger charge is -2.40. The number of aliphatic hydroxyl groups is 1. The number of hydrogen-bond acceptors (Lipinski definition) is 6. The Kier molecular flexibility index (Phi) is 7.81. The molecule has 4 rings (SSSR count). The summed E-state index contributed by atoms with van der Waals surface area (Å²) in [6.07, 6.45) is 3.22. The van der Waals surface area contributed by atoms with E-state index in [0.717, 1.165) is 5.56 Å². The number of amides is 2. The molecule has 8 nitrogen and oxygen atoms in total. The van der Waals surface area contributed by atoms with Gasteiger partial charge in [0.05, 0.1) is 30.8 Å². The molecule has 2 unspecified atom stereocenters. The molecule has 2 bridgehead atoms. The molecule has 1 aromatic rings. The molecular formula is C29H40N2O6. The van der Waals surface area contributed by atoms with Crippen molar-refractivity contribution in [2.45, 2.75) is 76.8 Å². The van der Waals surface area contributed by atoms with E-state index in [2.05, 4.69) is 6.58 Å². The van der Waals surface area contributed by atoms with Crippen LogP contribution in [-0.4, -0.2) is 75.7 Å². The molecule has 3 heterocycles. The summed E-state index contributed by atoms with van der Waals surface area (Å²) in [6, 6.07) is 8.14. The molecule has 202 valence electrons. The third-order valence-corrected chi connectivity index (χ3v) is 8.21. The second-order valence-electron chi connectivity index (χ2n) is 11.2. The number of likely N-dealkylation sites (tertiary alicyclic amines) is 1. The molecule has 3 aliphatic rings. The van der Waals surface area contributed by atoms with Gasteiger partial charge < -0.3 is 24.4 Å². The first-order valence-corrected chi connectivity index (χ1v) is 13.4. The number of carbonyl (C=O) groups is 3. The van der Waals surface area contributed by atoms with Crippen molar-refractivity contribution in [3.8, 4) is 0 Å². The molecule has 1 aromatic carbocycles. The van der Waals surface area contributed by atoms with Crippen molar-refractivity contribution in [2.24, 2.45) is 17.8 Å². The Labute approximate surface area is 219 Å². The van der Waals surface area contributed by atoms with Crippen LogP contribution in [0, 0.1) is 17.8 Å². The van der Waals surface area contributed by atoms with Crippen molar-refractivity contribution in [3.05, 3.63) is 48.6 Å². The zero-order chi connectivity index (χ0) is 27.0. The summed E-state index contributed by atoms with van der Waals surface area (Å²) in [7, 11) is 0. The van der Waals surface area contributed by atoms with Crippen molar-refractivity contribution >= 4 is 17.8 Å². The Bertz CT molecular complexity index is 1030. The maximum atomic E-state index is 14.4. The van der Waals surface area contributed by atoms with Gasteiger partial charge in [-0.1, -0.05) is 50.3 Å². The number of aliphatic hydroxyl groups excluding tert-OH is 1. The zero-order valence-corrected chi connectivity index (χ0v) is 22.4. The number of esters is 1. The summed E-state index contributed by atoms with van der Waals surface area (Å²) in [5, 5.41) is 10.4. The highest BCUT2D eigenvalue weighted by Crippen LogP contribution is 2.63. The fourth-order valence-electron chi connectivity index (χ4n) is 6.81. The van der Waals surface area contributed by atoms with Gasteiger partial charge in [-0.2, -0.15) is 0 Å². The van der Waals surface area contributed by atoms with Gasteiger partial charge >= 0.3 is 5.97 Å². The first-order valence-electron chi connectivity index (χ1n) is 13.4. The molecule has 1 spiro atoms. The highest BCUT2D eigenvalue weighted by molar-refractivity contribution is 5.98. The van der Waals surface area contributed by atoms with E-state index in [1.165, 1.54) is 0 Å². The predicted molar refractivity (Wildman–Crippen MR) is 138 cm³/mol. The van der Waals surface area contributed by atoms with Crippen molar-refractivity contribution in [1.29, 1.82) is 0 Å². The number of fused-ring (bicyclic) bond motifs is 1. The Morgan fingerprint density at radius 1 is 1.30 bits per heavy atom. The molecular weight excluding hydrogens is 472 g/mol. The summed E-state index contributed by atoms with van der Waals surface area (Å²) < 4.78 is 12.0. The van der Waals surface area contributed by atoms with E-state index in [0.29, 0.717) is 32.4 Å². The van der Waals surface area contributed by atoms with Crippen LogP contribution in [0.5, 0.6) is 0 Å². The normalized spacial score (nSPS) is 30.9. The second kappa shape index (κ2) is 10.6. The molecule has 0 aliphatic carbocycles. The Balaban J connectivity index is 1.80. The van der Waals surface area contributed by atoms with E-state index in [4.69, 9.17) is 9.47 Å². The molecule has 0 saturated carbocycles. The van der Waals surface area contributed by atoms with Gasteiger partial charge in [0.15, 0.2) is 0 Å². The van der Waals surface area contributed by atoms with Crippen LogP contribution in [0.25, 0.3) is 0 Å². The van der Waals surface area contributed by atoms with Gasteiger partial charge in [-0.3, -0.25) is 14.4 Å². The molecule has 3 fully saturated rings. The Morgan fingerprint density at radius 3 is 2.59 bits per heavy atom. The quantitative estimate of drug-likeness (QED) is 0.362. The summed E-state index contributed by atoms with van der Waals surface area (Å²) >= 11 is 0. The number of ether oxygens (including phenoxy) is 2. The monoisotopic (exact) mass is 512 g/mol. The fourth-order valence-corrected chi connectivity index (χ4v) is 6.81. The van der Waals surface area contributed by atoms with Crippen LogP contribution in [0.15, 0.2) is 43.0 Å². The average molecular weight is 513 g/mol. The molecule has 2 amide bonds. The zero-order valence-electron chi connectivity index (χ0n) is 22.4. The van der Waals surface area contributed by atoms with E-state index in [1.807, 2.05) is 51.1 Å². The third kappa shape index (κ3) is 4.59. The van der Waals surface area contributed by atoms with Crippen molar-refractivity contribution < 1.29 is 29.0 Å². The van der Waals surface area contributed by atoms with Gasteiger partial charge in [-0.25, -0.2) is 0 Å². The standard InChI is InChI=1S/C29H40N2O6/c1-6-15-30(17-20-11-9-8-10-12-20)26(34)24-29-14-13-28(5,37-29)23(27(35)36-7-2)22(29)25(33)31(24)21(18-32)16-19(3)4/h6,8-12,19,21-24,32H,1,7,13-18H2,2-5H3/t21-,22+,23+,24?,28-,29?/m1/s1. The van der Waals surface area contributed by atoms with Gasteiger partial charge in [0.25, 0.3) is 0 Å². The van der Waals surface area contributed by atoms with E-state index in [-0.39, 0.29) is 30.9 Å². The molecule has 8 heteroatoms. The van der Waals surface area contributed by atoms with Gasteiger partial charge in [0.2, 0.25) is 11.8 Å². The minimum absolute atomic E-state index is 0.183. The van der Waals surface area contributed by atoms with Crippen LogP contribution in [0.4, 0.5) is 0 Å². The number of rotatable bonds is 11. The number of benzene rings is 1. The number of nitrogens with zero attached hydrogens (tertiary/aromatic N) is 2. The maximum Gasteiger partial charge on any atom is 0.312 e. The van der Waals surface area contributed by atoms with E-state index >= 15 is 0 Å². The van der Waals surface area contributed by atoms with E-state index < -0.39 is 41.1 Å². The second-order valence-corrected chi connectivity index (χ2v) is 11.2.